The molecule has 0 bridgehead atoms. The van der Waals surface area contributed by atoms with E-state index >= 15 is 0 Å². The molecule has 2 aliphatic heterocycles. The first kappa shape index (κ1) is 39.2. The number of aromatic nitrogens is 1. The Labute approximate surface area is 314 Å². The van der Waals surface area contributed by atoms with Crippen molar-refractivity contribution in [2.24, 2.45) is 5.92 Å². The number of nitrogens with zero attached hydrogens (tertiary/aromatic N) is 2. The molecule has 0 saturated carbocycles. The molecule has 13 nitrogen and oxygen atoms in total. The summed E-state index contributed by atoms with van der Waals surface area (Å²) in [5, 5.41) is 15.2. The van der Waals surface area contributed by atoms with Crippen molar-refractivity contribution in [2.75, 3.05) is 18.6 Å². The fraction of sp³-hybridized carbons (Fsp3) is 0.462. The summed E-state index contributed by atoms with van der Waals surface area (Å²) in [6.07, 6.45) is 2.12. The molecule has 1 aromatic heterocycles. The Balaban J connectivity index is 1.46. The summed E-state index contributed by atoms with van der Waals surface area (Å²) in [5.41, 5.74) is 3.39. The summed E-state index contributed by atoms with van der Waals surface area (Å²) >= 11 is 1.52. The summed E-state index contributed by atoms with van der Waals surface area (Å²) in [5.74, 6) is -2.81. The zero-order chi connectivity index (χ0) is 38.4. The van der Waals surface area contributed by atoms with E-state index in [1.165, 1.54) is 23.6 Å². The van der Waals surface area contributed by atoms with Crippen LogP contribution in [0.1, 0.15) is 73.3 Å². The molecule has 3 heterocycles. The van der Waals surface area contributed by atoms with Gasteiger partial charge in [0.1, 0.15) is 24.2 Å². The molecule has 3 aromatic rings. The zero-order valence-electron chi connectivity index (χ0n) is 31.0. The number of benzene rings is 2. The molecule has 5 rings (SSSR count). The van der Waals surface area contributed by atoms with Gasteiger partial charge in [-0.1, -0.05) is 62.4 Å². The van der Waals surface area contributed by atoms with Gasteiger partial charge in [0, 0.05) is 18.0 Å². The average molecular weight is 744 g/mol. The first-order chi connectivity index (χ1) is 25.3. The fourth-order valence-electron chi connectivity index (χ4n) is 6.86. The normalized spacial score (nSPS) is 24.7. The van der Waals surface area contributed by atoms with Crippen LogP contribution in [0, 0.1) is 19.8 Å². The van der Waals surface area contributed by atoms with Crippen LogP contribution in [0.3, 0.4) is 0 Å². The monoisotopic (exact) mass is 743 g/mol. The fourth-order valence-corrected chi connectivity index (χ4v) is 7.33. The number of fused-ring (bicyclic) bond motifs is 2. The van der Waals surface area contributed by atoms with Crippen molar-refractivity contribution in [1.82, 2.24) is 36.5 Å². The summed E-state index contributed by atoms with van der Waals surface area (Å²) in [6, 6.07) is 11.1. The number of para-hydroxylation sites is 1. The number of carbonyl (C=O) groups excluding carboxylic acids is 6. The standard InChI is InChI=1S/C39H49N7O6S/c1-21(2)33-39(52)46-20-27(42-36(49)28-17-26-14-10-11-22(3)34(26)40-23(28)4)18-31(46)38(51)41-24(5)35(48)44-30(25-12-8-7-9-13-25)19-32(47)43-29(15-16-53-6)37(50)45-33/h7-14,17,21,24,27,29-31,33H,15-16,18-20H2,1-6H3,(H,41,51)(H,42,49)(H,43,47)(H,44,48)(H,45,50)/t24-,27-,29-,30-,31-,33-/m0/s1. The van der Waals surface area contributed by atoms with Crippen molar-refractivity contribution in [3.63, 3.8) is 0 Å². The third-order valence-corrected chi connectivity index (χ3v) is 10.5. The lowest BCUT2D eigenvalue weighted by Gasteiger charge is -2.32. The van der Waals surface area contributed by atoms with Crippen LogP contribution >= 0.6 is 11.8 Å². The van der Waals surface area contributed by atoms with Gasteiger partial charge in [-0.2, -0.15) is 11.8 Å². The van der Waals surface area contributed by atoms with E-state index in [1.54, 1.807) is 51.1 Å². The molecule has 2 fully saturated rings. The van der Waals surface area contributed by atoms with Crippen molar-refractivity contribution in [1.29, 1.82) is 0 Å². The molecule has 6 atom stereocenters. The molecule has 2 aliphatic rings. The lowest BCUT2D eigenvalue weighted by atomic mass is 10.0. The van der Waals surface area contributed by atoms with Crippen LogP contribution in [0.5, 0.6) is 0 Å². The lowest BCUT2D eigenvalue weighted by Crippen LogP contribution is -2.59. The highest BCUT2D eigenvalue weighted by Crippen LogP contribution is 2.25. The highest BCUT2D eigenvalue weighted by atomic mass is 32.2. The van der Waals surface area contributed by atoms with Crippen molar-refractivity contribution in [3.05, 3.63) is 77.0 Å². The van der Waals surface area contributed by atoms with Crippen LogP contribution < -0.4 is 26.6 Å². The van der Waals surface area contributed by atoms with Gasteiger partial charge in [-0.3, -0.25) is 33.8 Å². The molecule has 0 aliphatic carbocycles. The van der Waals surface area contributed by atoms with E-state index in [2.05, 4.69) is 31.6 Å². The van der Waals surface area contributed by atoms with Gasteiger partial charge >= 0.3 is 0 Å². The van der Waals surface area contributed by atoms with Gasteiger partial charge in [-0.15, -0.1) is 0 Å². The van der Waals surface area contributed by atoms with Gasteiger partial charge in [-0.05, 0) is 68.7 Å². The first-order valence-corrected chi connectivity index (χ1v) is 19.4. The second-order valence-electron chi connectivity index (χ2n) is 14.2. The number of hydrogen-bond donors (Lipinski definition) is 5. The van der Waals surface area contributed by atoms with Gasteiger partial charge in [0.05, 0.1) is 29.2 Å². The Kier molecular flexibility index (Phi) is 12.8. The molecule has 282 valence electrons. The molecular weight excluding hydrogens is 695 g/mol. The van der Waals surface area contributed by atoms with Crippen LogP contribution in [0.15, 0.2) is 54.6 Å². The summed E-state index contributed by atoms with van der Waals surface area (Å²) in [4.78, 5) is 88.9. The Morgan fingerprint density at radius 1 is 0.943 bits per heavy atom. The van der Waals surface area contributed by atoms with E-state index in [9.17, 15) is 28.8 Å². The molecule has 14 heteroatoms. The predicted octanol–water partition coefficient (Wildman–Crippen LogP) is 2.70. The maximum absolute atomic E-state index is 14.4. The molecular formula is C39H49N7O6S. The number of nitrogens with one attached hydrogen (secondary N) is 5. The predicted molar refractivity (Wildman–Crippen MR) is 204 cm³/mol. The molecule has 0 unspecified atom stereocenters. The summed E-state index contributed by atoms with van der Waals surface area (Å²) in [6.45, 7) is 8.81. The van der Waals surface area contributed by atoms with Crippen LogP contribution in [-0.4, -0.2) is 94.1 Å². The van der Waals surface area contributed by atoms with Gasteiger partial charge in [0.25, 0.3) is 5.91 Å². The van der Waals surface area contributed by atoms with Gasteiger partial charge in [0.15, 0.2) is 0 Å². The third kappa shape index (κ3) is 9.34. The van der Waals surface area contributed by atoms with Gasteiger partial charge < -0.3 is 31.5 Å². The van der Waals surface area contributed by atoms with E-state index in [1.807, 2.05) is 37.4 Å². The Morgan fingerprint density at radius 2 is 1.68 bits per heavy atom. The quantitative estimate of drug-likeness (QED) is 0.245. The topological polar surface area (TPSA) is 179 Å². The van der Waals surface area contributed by atoms with Crippen molar-refractivity contribution in [2.45, 2.75) is 90.1 Å². The minimum atomic E-state index is -1.05. The maximum Gasteiger partial charge on any atom is 0.253 e. The molecule has 6 amide bonds. The number of rotatable bonds is 7. The van der Waals surface area contributed by atoms with E-state index in [0.717, 1.165) is 16.5 Å². The number of carbonyl (C=O) groups is 6. The minimum Gasteiger partial charge on any atom is -0.347 e. The smallest absolute Gasteiger partial charge is 0.253 e. The average Bonchev–Trinajstić information content (AvgIpc) is 3.55. The van der Waals surface area contributed by atoms with Crippen LogP contribution in [-0.2, 0) is 24.0 Å². The van der Waals surface area contributed by atoms with E-state index in [-0.39, 0.29) is 25.3 Å². The molecule has 53 heavy (non-hydrogen) atoms. The van der Waals surface area contributed by atoms with E-state index in [0.29, 0.717) is 29.0 Å². The van der Waals surface area contributed by atoms with Crippen LogP contribution in [0.2, 0.25) is 0 Å². The second kappa shape index (κ2) is 17.2. The zero-order valence-corrected chi connectivity index (χ0v) is 31.8. The Morgan fingerprint density at radius 3 is 2.38 bits per heavy atom. The Hall–Kier alpha value is -4.98. The van der Waals surface area contributed by atoms with E-state index < -0.39 is 71.7 Å². The molecule has 0 spiro atoms. The van der Waals surface area contributed by atoms with Gasteiger partial charge in [0.2, 0.25) is 29.5 Å². The van der Waals surface area contributed by atoms with Crippen LogP contribution in [0.4, 0.5) is 0 Å². The largest absolute Gasteiger partial charge is 0.347 e. The van der Waals surface area contributed by atoms with Crippen molar-refractivity contribution >= 4 is 58.1 Å². The Bertz CT molecular complexity index is 1870. The highest BCUT2D eigenvalue weighted by Gasteiger charge is 2.44. The van der Waals surface area contributed by atoms with Crippen molar-refractivity contribution < 1.29 is 28.8 Å². The van der Waals surface area contributed by atoms with Crippen LogP contribution in [0.25, 0.3) is 10.9 Å². The maximum atomic E-state index is 14.4. The molecule has 5 N–H and O–H groups in total. The first-order valence-electron chi connectivity index (χ1n) is 18.0. The minimum absolute atomic E-state index is 0.00971. The summed E-state index contributed by atoms with van der Waals surface area (Å²) < 4.78 is 0. The highest BCUT2D eigenvalue weighted by molar-refractivity contribution is 7.98. The number of hydrogen-bond acceptors (Lipinski definition) is 8. The summed E-state index contributed by atoms with van der Waals surface area (Å²) in [7, 11) is 0. The van der Waals surface area contributed by atoms with Crippen molar-refractivity contribution in [3.8, 4) is 0 Å². The lowest BCUT2D eigenvalue weighted by molar-refractivity contribution is -0.143. The van der Waals surface area contributed by atoms with Gasteiger partial charge in [-0.25, -0.2) is 0 Å². The number of amides is 6. The second-order valence-corrected chi connectivity index (χ2v) is 15.2. The number of thioether (sulfide) groups is 1. The SMILES string of the molecule is CSCC[C@@H]1NC(=O)C[C@@H](c2ccccc2)NC(=O)[C@H](C)NC(=O)[C@@H]2C[C@H](NC(=O)c3cc4cccc(C)c4nc3C)CN2C(=O)[C@H](C(C)C)NC1=O. The molecule has 2 saturated heterocycles. The number of aryl methyl sites for hydroxylation is 2. The molecule has 2 aromatic carbocycles. The molecule has 0 radical (unpaired) electrons. The third-order valence-electron chi connectivity index (χ3n) is 9.86. The van der Waals surface area contributed by atoms with E-state index in [4.69, 9.17) is 0 Å². The number of pyridine rings is 1.